The van der Waals surface area contributed by atoms with Gasteiger partial charge in [0.15, 0.2) is 0 Å². The molecule has 0 aromatic heterocycles. The summed E-state index contributed by atoms with van der Waals surface area (Å²) in [6.45, 7) is 6.23. The summed E-state index contributed by atoms with van der Waals surface area (Å²) < 4.78 is 30.4. The van der Waals surface area contributed by atoms with Crippen molar-refractivity contribution in [3.8, 4) is 0 Å². The third-order valence-electron chi connectivity index (χ3n) is 2.49. The van der Waals surface area contributed by atoms with Crippen molar-refractivity contribution in [1.82, 2.24) is 5.32 Å². The Morgan fingerprint density at radius 3 is 1.56 bits per heavy atom. The third kappa shape index (κ3) is 15.8. The first-order valence-electron chi connectivity index (χ1n) is 8.49. The second-order valence-electron chi connectivity index (χ2n) is 4.70. The zero-order chi connectivity index (χ0) is 21.1. The van der Waals surface area contributed by atoms with Crippen LogP contribution in [-0.2, 0) is 9.47 Å². The molecule has 1 aromatic rings. The molecule has 1 aromatic carbocycles. The number of carbonyl (C=O) groups is 2. The number of rotatable bonds is 8. The molecule has 0 aliphatic carbocycles. The lowest BCUT2D eigenvalue weighted by atomic mass is 10.1. The molecule has 0 atom stereocenters. The summed E-state index contributed by atoms with van der Waals surface area (Å²) in [5.41, 5.74) is 0.477. The zero-order valence-corrected chi connectivity index (χ0v) is 15.9. The van der Waals surface area contributed by atoms with Crippen molar-refractivity contribution in [3.63, 3.8) is 0 Å². The molecule has 156 valence electrons. The fourth-order valence-electron chi connectivity index (χ4n) is 1.54. The number of nitrogens with one attached hydrogen (secondary N) is 1. The number of aliphatic hydroxyl groups is 2. The molecule has 1 rings (SSSR count). The van der Waals surface area contributed by atoms with E-state index in [2.05, 4.69) is 5.32 Å². The molecule has 9 heteroatoms. The highest BCUT2D eigenvalue weighted by molar-refractivity contribution is 6.03. The van der Waals surface area contributed by atoms with Crippen LogP contribution in [0.4, 0.5) is 8.78 Å². The van der Waals surface area contributed by atoms with Gasteiger partial charge in [-0.15, -0.1) is 0 Å². The lowest BCUT2D eigenvalue weighted by Gasteiger charge is -2.07. The number of ether oxygens (including phenoxy) is 2. The molecule has 3 N–H and O–H groups in total. The van der Waals surface area contributed by atoms with Crippen molar-refractivity contribution in [2.24, 2.45) is 0 Å². The van der Waals surface area contributed by atoms with Crippen LogP contribution in [-0.4, -0.2) is 68.1 Å². The Hall–Kier alpha value is -2.10. The van der Waals surface area contributed by atoms with Crippen LogP contribution >= 0.6 is 0 Å². The van der Waals surface area contributed by atoms with Crippen LogP contribution in [0.3, 0.4) is 0 Å². The van der Waals surface area contributed by atoms with E-state index in [-0.39, 0.29) is 37.6 Å². The van der Waals surface area contributed by atoms with Crippen molar-refractivity contribution >= 4 is 11.9 Å². The van der Waals surface area contributed by atoms with Crippen molar-refractivity contribution in [2.45, 2.75) is 27.2 Å². The van der Waals surface area contributed by atoms with Gasteiger partial charge >= 0.3 is 11.9 Å². The monoisotopic (exact) mass is 393 g/mol. The molecule has 27 heavy (non-hydrogen) atoms. The largest absolute Gasteiger partial charge is 0.462 e. The second-order valence-corrected chi connectivity index (χ2v) is 4.70. The molecule has 0 heterocycles. The summed E-state index contributed by atoms with van der Waals surface area (Å²) in [7, 11) is 0. The Morgan fingerprint density at radius 1 is 0.963 bits per heavy atom. The van der Waals surface area contributed by atoms with E-state index >= 15 is 0 Å². The van der Waals surface area contributed by atoms with Crippen LogP contribution in [0.15, 0.2) is 24.3 Å². The summed E-state index contributed by atoms with van der Waals surface area (Å²) in [4.78, 5) is 23.1. The van der Waals surface area contributed by atoms with Gasteiger partial charge in [0.25, 0.3) is 0 Å². The first-order chi connectivity index (χ1) is 12.8. The van der Waals surface area contributed by atoms with Gasteiger partial charge in [0.2, 0.25) is 6.43 Å². The van der Waals surface area contributed by atoms with E-state index < -0.39 is 18.4 Å². The molecule has 0 bridgehead atoms. The molecule has 0 radical (unpaired) electrons. The van der Waals surface area contributed by atoms with Gasteiger partial charge in [0, 0.05) is 13.1 Å². The number of esters is 2. The van der Waals surface area contributed by atoms with Crippen LogP contribution in [0.1, 0.15) is 41.5 Å². The average Bonchev–Trinajstić information content (AvgIpc) is 2.63. The van der Waals surface area contributed by atoms with Crippen molar-refractivity contribution in [2.75, 3.05) is 39.5 Å². The number of alkyl halides is 2. The van der Waals surface area contributed by atoms with Gasteiger partial charge < -0.3 is 25.0 Å². The maximum atomic E-state index is 11.5. The molecule has 0 aliphatic heterocycles. The number of halogens is 2. The Morgan fingerprint density at radius 2 is 1.30 bits per heavy atom. The number of carbonyl (C=O) groups excluding carboxylic acids is 2. The molecule has 0 fully saturated rings. The number of aliphatic hydroxyl groups excluding tert-OH is 2. The second kappa shape index (κ2) is 18.7. The van der Waals surface area contributed by atoms with Gasteiger partial charge in [-0.25, -0.2) is 18.4 Å². The van der Waals surface area contributed by atoms with Gasteiger partial charge in [-0.1, -0.05) is 12.1 Å². The highest BCUT2D eigenvalue weighted by atomic mass is 19.3. The minimum atomic E-state index is -2.17. The molecule has 0 saturated heterocycles. The minimum absolute atomic E-state index is 0.139. The minimum Gasteiger partial charge on any atom is -0.462 e. The normalized spacial score (nSPS) is 9.48. The summed E-state index contributed by atoms with van der Waals surface area (Å²) >= 11 is 0. The Labute approximate surface area is 158 Å². The third-order valence-corrected chi connectivity index (χ3v) is 2.49. The molecular formula is C18H29F2NO6. The maximum absolute atomic E-state index is 11.5. The van der Waals surface area contributed by atoms with E-state index in [0.717, 1.165) is 6.92 Å². The maximum Gasteiger partial charge on any atom is 0.338 e. The van der Waals surface area contributed by atoms with Gasteiger partial charge in [-0.2, -0.15) is 0 Å². The fraction of sp³-hybridized carbons (Fsp3) is 0.556. The highest BCUT2D eigenvalue weighted by Crippen LogP contribution is 2.11. The summed E-state index contributed by atoms with van der Waals surface area (Å²) in [6.07, 6.45) is -2.17. The predicted octanol–water partition coefficient (Wildman–Crippen LogP) is 1.87. The molecule has 0 amide bonds. The van der Waals surface area contributed by atoms with E-state index in [0.29, 0.717) is 13.1 Å². The Kier molecular flexibility index (Phi) is 18.8. The number of benzene rings is 1. The first kappa shape index (κ1) is 27.1. The van der Waals surface area contributed by atoms with Gasteiger partial charge in [-0.05, 0) is 32.9 Å². The molecule has 7 nitrogen and oxygen atoms in total. The SMILES string of the molecule is CC(F)F.CCOC(=O)c1ccccc1C(=O)OCC.OCCNCCO. The van der Waals surface area contributed by atoms with E-state index in [1.54, 1.807) is 38.1 Å². The number of hydrogen-bond acceptors (Lipinski definition) is 7. The van der Waals surface area contributed by atoms with E-state index in [1.165, 1.54) is 0 Å². The van der Waals surface area contributed by atoms with Gasteiger partial charge in [0.05, 0.1) is 37.6 Å². The quantitative estimate of drug-likeness (QED) is 0.457. The van der Waals surface area contributed by atoms with Crippen molar-refractivity contribution in [1.29, 1.82) is 0 Å². The van der Waals surface area contributed by atoms with Crippen LogP contribution in [0.2, 0.25) is 0 Å². The Bertz CT molecular complexity index is 471. The first-order valence-corrected chi connectivity index (χ1v) is 8.49. The van der Waals surface area contributed by atoms with Crippen molar-refractivity contribution < 1.29 is 38.1 Å². The zero-order valence-electron chi connectivity index (χ0n) is 15.9. The molecule has 0 aliphatic rings. The molecular weight excluding hydrogens is 364 g/mol. The molecule has 0 saturated carbocycles. The average molecular weight is 393 g/mol. The van der Waals surface area contributed by atoms with Crippen LogP contribution in [0.5, 0.6) is 0 Å². The lowest BCUT2D eigenvalue weighted by Crippen LogP contribution is -2.21. The Balaban J connectivity index is 0. The van der Waals surface area contributed by atoms with Crippen LogP contribution in [0.25, 0.3) is 0 Å². The van der Waals surface area contributed by atoms with Crippen LogP contribution < -0.4 is 5.32 Å². The standard InChI is InChI=1S/C12H14O4.C4H11NO2.C2H4F2/c1-3-15-11(13)9-7-5-6-8-10(9)12(14)16-4-2;6-3-1-5-2-4-7;1-2(3)4/h5-8H,3-4H2,1-2H3;5-7H,1-4H2;2H,1H3. The van der Waals surface area contributed by atoms with Gasteiger partial charge in [-0.3, -0.25) is 0 Å². The summed E-state index contributed by atoms with van der Waals surface area (Å²) in [5.74, 6) is -1.02. The van der Waals surface area contributed by atoms with E-state index in [9.17, 15) is 18.4 Å². The van der Waals surface area contributed by atoms with E-state index in [1.807, 2.05) is 0 Å². The highest BCUT2D eigenvalue weighted by Gasteiger charge is 2.17. The molecule has 0 unspecified atom stereocenters. The summed E-state index contributed by atoms with van der Waals surface area (Å²) in [5, 5.41) is 19.1. The lowest BCUT2D eigenvalue weighted by molar-refractivity contribution is 0.0479. The van der Waals surface area contributed by atoms with Gasteiger partial charge in [0.1, 0.15) is 0 Å². The molecule has 0 spiro atoms. The van der Waals surface area contributed by atoms with Crippen molar-refractivity contribution in [3.05, 3.63) is 35.4 Å². The summed E-state index contributed by atoms with van der Waals surface area (Å²) in [6, 6.07) is 6.44. The fourth-order valence-corrected chi connectivity index (χ4v) is 1.54. The van der Waals surface area contributed by atoms with Crippen LogP contribution in [0, 0.1) is 0 Å². The smallest absolute Gasteiger partial charge is 0.338 e. The topological polar surface area (TPSA) is 105 Å². The number of hydrogen-bond donors (Lipinski definition) is 3. The predicted molar refractivity (Wildman–Crippen MR) is 97.1 cm³/mol. The van der Waals surface area contributed by atoms with E-state index in [4.69, 9.17) is 19.7 Å².